The Morgan fingerprint density at radius 3 is 1.55 bits per heavy atom. The molecule has 4 saturated carbocycles. The van der Waals surface area contributed by atoms with Gasteiger partial charge in [-0.1, -0.05) is 60.7 Å². The van der Waals surface area contributed by atoms with Crippen molar-refractivity contribution in [3.63, 3.8) is 0 Å². The Morgan fingerprint density at radius 2 is 1.13 bits per heavy atom. The summed E-state index contributed by atoms with van der Waals surface area (Å²) in [6.45, 7) is 9.67. The van der Waals surface area contributed by atoms with Gasteiger partial charge in [0.1, 0.15) is 0 Å². The average Bonchev–Trinajstić information content (AvgIpc) is 3.32. The Morgan fingerprint density at radius 1 is 0.684 bits per heavy atom. The van der Waals surface area contributed by atoms with Crippen LogP contribution in [-0.2, 0) is 16.1 Å². The van der Waals surface area contributed by atoms with E-state index in [1.807, 2.05) is 16.0 Å². The van der Waals surface area contributed by atoms with E-state index in [1.165, 1.54) is 30.4 Å². The van der Waals surface area contributed by atoms with Crippen LogP contribution < -0.4 is 8.99 Å². The van der Waals surface area contributed by atoms with Gasteiger partial charge in [0, 0.05) is 0 Å². The van der Waals surface area contributed by atoms with E-state index in [1.54, 1.807) is 21.9 Å². The molecule has 1 nitrogen and oxygen atoms in total. The summed E-state index contributed by atoms with van der Waals surface area (Å²) < 4.78 is 6.47. The van der Waals surface area contributed by atoms with Gasteiger partial charge in [-0.3, -0.25) is 0 Å². The number of rotatable bonds is 6. The standard InChI is InChI=1S/C12H10.C9H13.C7H10N.C6H7Si.CH3.Ti/c1-3-7-11(8-4-1)12-9-5-2-6-10-12;1-6-5-7(2)9(4)8(6)3;8-7-1-4-5(2-7)6(4)3-7;7-6-4-2-1-3-5-6;;/h1-10H;6H,1-4H3;4-6,8H,1-3H2;1-5H,7H2;1H3;/q;;-1;;;+1. The van der Waals surface area contributed by atoms with Crippen LogP contribution in [0.4, 0.5) is 0 Å². The number of allylic oxidation sites excluding steroid dienone is 4. The smallest absolute Gasteiger partial charge is 0.0184 e. The van der Waals surface area contributed by atoms with E-state index in [9.17, 15) is 0 Å². The van der Waals surface area contributed by atoms with Crippen molar-refractivity contribution in [3.8, 4) is 11.1 Å². The third kappa shape index (κ3) is 4.79. The fourth-order valence-corrected chi connectivity index (χ4v) is 26.2. The van der Waals surface area contributed by atoms with Crippen molar-refractivity contribution in [2.45, 2.75) is 57.7 Å². The molecular formula is C35H43NSiTi. The molecule has 0 radical (unpaired) electrons. The molecular weight excluding hydrogens is 510 g/mol. The monoisotopic (exact) mass is 553 g/mol. The maximum absolute atomic E-state index is 4.58. The van der Waals surface area contributed by atoms with E-state index in [-0.39, 0.29) is 7.39 Å². The molecule has 0 spiro atoms. The van der Waals surface area contributed by atoms with Crippen molar-refractivity contribution in [1.82, 2.24) is 3.80 Å². The molecule has 2 atom stereocenters. The van der Waals surface area contributed by atoms with Gasteiger partial charge in [-0.15, -0.1) is 0 Å². The second-order valence-corrected chi connectivity index (χ2v) is 26.9. The van der Waals surface area contributed by atoms with Gasteiger partial charge in [-0.05, 0) is 11.1 Å². The summed E-state index contributed by atoms with van der Waals surface area (Å²) in [6, 6.07) is 32.3. The molecule has 5 aliphatic rings. The molecule has 4 fully saturated rings. The van der Waals surface area contributed by atoms with Crippen molar-refractivity contribution in [3.05, 3.63) is 112 Å². The van der Waals surface area contributed by atoms with Gasteiger partial charge in [-0.2, -0.15) is 0 Å². The number of hydrogen-bond donors (Lipinski definition) is 1. The minimum atomic E-state index is -2.30. The second-order valence-electron chi connectivity index (χ2n) is 12.8. The molecule has 3 heteroatoms. The van der Waals surface area contributed by atoms with Gasteiger partial charge in [0.25, 0.3) is 0 Å². The van der Waals surface area contributed by atoms with Crippen LogP contribution >= 0.6 is 0 Å². The van der Waals surface area contributed by atoms with Gasteiger partial charge >= 0.3 is 165 Å². The van der Waals surface area contributed by atoms with Gasteiger partial charge in [0.15, 0.2) is 0 Å². The van der Waals surface area contributed by atoms with E-state index < -0.39 is 16.1 Å². The summed E-state index contributed by atoms with van der Waals surface area (Å²) >= 11 is -2.30. The Hall–Kier alpha value is -1.97. The molecule has 4 bridgehead atoms. The molecule has 196 valence electrons. The number of nitrogens with one attached hydrogen (secondary N) is 1. The molecule has 5 aliphatic carbocycles. The van der Waals surface area contributed by atoms with Crippen LogP contribution in [0.1, 0.15) is 47.0 Å². The predicted octanol–water partition coefficient (Wildman–Crippen LogP) is 7.51. The van der Waals surface area contributed by atoms with Crippen LogP contribution in [0.3, 0.4) is 0 Å². The predicted molar refractivity (Wildman–Crippen MR) is 163 cm³/mol. The zero-order chi connectivity index (χ0) is 26.5. The minimum Gasteiger partial charge on any atom is -0.0622 e. The molecule has 3 aromatic carbocycles. The SMILES string of the molecule is CC1=C(C)C(C)[C]([Ti]([CH3])([NH]C23CC4C(C2)C4C3)[SiH2]c2ccccc2)=C1C.c1ccc(-c2ccccc2)cc1. The minimum absolute atomic E-state index is 0.293. The van der Waals surface area contributed by atoms with Crippen LogP contribution in [-0.4, -0.2) is 12.9 Å². The molecule has 1 N–H and O–H groups in total. The molecule has 3 aromatic rings. The number of benzene rings is 3. The van der Waals surface area contributed by atoms with Crippen molar-refractivity contribution >= 4 is 12.6 Å². The molecule has 0 saturated heterocycles. The van der Waals surface area contributed by atoms with Crippen molar-refractivity contribution in [1.29, 1.82) is 0 Å². The fraction of sp³-hybridized carbons (Fsp3) is 0.371. The first kappa shape index (κ1) is 26.3. The first-order valence-electron chi connectivity index (χ1n) is 14.6. The van der Waals surface area contributed by atoms with Crippen molar-refractivity contribution in [2.24, 2.45) is 23.7 Å². The van der Waals surface area contributed by atoms with E-state index >= 15 is 0 Å². The zero-order valence-electron chi connectivity index (χ0n) is 23.8. The van der Waals surface area contributed by atoms with E-state index in [2.05, 4.69) is 116 Å². The van der Waals surface area contributed by atoms with Crippen LogP contribution in [0.2, 0.25) is 5.23 Å². The van der Waals surface area contributed by atoms with Crippen LogP contribution in [0.5, 0.6) is 0 Å². The van der Waals surface area contributed by atoms with E-state index in [0.29, 0.717) is 11.5 Å². The van der Waals surface area contributed by atoms with E-state index in [0.717, 1.165) is 17.8 Å². The van der Waals surface area contributed by atoms with Crippen molar-refractivity contribution < 1.29 is 16.1 Å². The third-order valence-electron chi connectivity index (χ3n) is 10.4. The summed E-state index contributed by atoms with van der Waals surface area (Å²) in [5, 5.41) is 4.42. The summed E-state index contributed by atoms with van der Waals surface area (Å²) in [6.07, 6.45) is 4.50. The number of hydrogen-bond acceptors (Lipinski definition) is 1. The average molecular weight is 554 g/mol. The van der Waals surface area contributed by atoms with Crippen LogP contribution in [0.15, 0.2) is 112 Å². The maximum Gasteiger partial charge on any atom is -0.0184 e. The Labute approximate surface area is 235 Å². The summed E-state index contributed by atoms with van der Waals surface area (Å²) in [5.74, 6) is 3.98. The normalized spacial score (nSPS) is 30.6. The fourth-order valence-electron chi connectivity index (χ4n) is 8.50. The molecule has 0 heterocycles. The van der Waals surface area contributed by atoms with Gasteiger partial charge < -0.3 is 0 Å². The molecule has 38 heavy (non-hydrogen) atoms. The third-order valence-corrected chi connectivity index (χ3v) is 24.4. The quantitative estimate of drug-likeness (QED) is 0.312. The second kappa shape index (κ2) is 10.2. The summed E-state index contributed by atoms with van der Waals surface area (Å²) in [7, 11) is -0.293. The molecule has 0 amide bonds. The molecule has 0 aliphatic heterocycles. The molecule has 2 unspecified atom stereocenters. The van der Waals surface area contributed by atoms with Gasteiger partial charge in [0.2, 0.25) is 0 Å². The molecule has 0 aromatic heterocycles. The van der Waals surface area contributed by atoms with Crippen molar-refractivity contribution in [2.75, 3.05) is 0 Å². The Bertz CT molecular complexity index is 1290. The van der Waals surface area contributed by atoms with Gasteiger partial charge in [-0.25, -0.2) is 0 Å². The summed E-state index contributed by atoms with van der Waals surface area (Å²) in [4.78, 5) is 0. The van der Waals surface area contributed by atoms with E-state index in [4.69, 9.17) is 0 Å². The Kier molecular flexibility index (Phi) is 7.06. The maximum atomic E-state index is 4.58. The molecule has 8 rings (SSSR count). The summed E-state index contributed by atoms with van der Waals surface area (Å²) in [5.41, 5.74) is 7.97. The first-order valence-corrected chi connectivity index (χ1v) is 22.5. The first-order chi connectivity index (χ1) is 18.3. The van der Waals surface area contributed by atoms with Gasteiger partial charge in [0.05, 0.1) is 0 Å². The largest absolute Gasteiger partial charge is 0.0622 e. The topological polar surface area (TPSA) is 12.0 Å². The van der Waals surface area contributed by atoms with Crippen LogP contribution in [0, 0.1) is 23.7 Å². The van der Waals surface area contributed by atoms with Crippen LogP contribution in [0.25, 0.3) is 11.1 Å². The Balaban J connectivity index is 0.000000184. The zero-order valence-corrected chi connectivity index (χ0v) is 26.8.